The van der Waals surface area contributed by atoms with E-state index in [0.717, 1.165) is 53.2 Å². The van der Waals surface area contributed by atoms with Crippen LogP contribution in [0.25, 0.3) is 10.2 Å². The number of likely N-dealkylation sites (tertiary alicyclic amines) is 2. The lowest BCUT2D eigenvalue weighted by Crippen LogP contribution is -2.48. The first kappa shape index (κ1) is 62.1. The maximum absolute atomic E-state index is 15.3. The quantitative estimate of drug-likeness (QED) is 0.0696. The highest BCUT2D eigenvalue weighted by molar-refractivity contribution is 7.22. The maximum Gasteiger partial charge on any atom is 0.416 e. The molecule has 0 unspecified atom stereocenters. The molecule has 13 nitrogen and oxygen atoms in total. The van der Waals surface area contributed by atoms with Crippen molar-refractivity contribution in [3.63, 3.8) is 0 Å². The van der Waals surface area contributed by atoms with Gasteiger partial charge in [-0.15, -0.1) is 0 Å². The van der Waals surface area contributed by atoms with Crippen molar-refractivity contribution >= 4 is 90.2 Å². The first-order chi connectivity index (χ1) is 41.3. The largest absolute Gasteiger partial charge is 0.506 e. The van der Waals surface area contributed by atoms with Crippen LogP contribution in [-0.2, 0) is 35.8 Å². The lowest BCUT2D eigenvalue weighted by Gasteiger charge is -2.43. The summed E-state index contributed by atoms with van der Waals surface area (Å²) in [7, 11) is 0. The lowest BCUT2D eigenvalue weighted by molar-refractivity contribution is -0.139. The molecule has 2 spiro atoms. The third-order valence-electron chi connectivity index (χ3n) is 17.2. The molecule has 6 N–H and O–H groups in total. The van der Waals surface area contributed by atoms with Gasteiger partial charge in [0.1, 0.15) is 11.5 Å². The number of carbonyl (C=O) groups is 2. The summed E-state index contributed by atoms with van der Waals surface area (Å²) in [6.07, 6.45) is -12.7. The number of hydrogen-bond donors (Lipinski definition) is 6. The number of rotatable bonds is 11. The second kappa shape index (κ2) is 22.8. The number of phenolic OH excluding ortho intramolecular Hbond substituents is 2. The molecule has 0 bridgehead atoms. The van der Waals surface area contributed by atoms with Crippen LogP contribution in [0.2, 0.25) is 5.02 Å². The standard InChI is InChI=1S/C64H65ClF9N9O4S/c1-58(2,3)33-80-26-22-61(23-27-80)36-83(54-49(85)21-17-42(52(54)61)64(72,73)74)47-30-37(10-18-44(47)77-55(86)75-40-14-11-38(12-15-40)62(66,67)68)32-59(4,5)34-81-28-24-60(25-29-81)35-82(53-48(84)20-16-41(51(53)60)63(69,70)71)46-9-7-6-8-43(46)76-56(87)79-57-78-45-19-13-39(65)31-50(45)88-57/h6-21,30-31,84-85H,22-29,32-36H2,1-5H3,(H2,75,77,86)(H2,76,78,79,87). The molecule has 0 radical (unpaired) electrons. The molecule has 4 aliphatic heterocycles. The second-order valence-electron chi connectivity index (χ2n) is 25.6. The zero-order valence-electron chi connectivity index (χ0n) is 48.7. The maximum atomic E-state index is 15.3. The number of para-hydroxylation sites is 2. The van der Waals surface area contributed by atoms with Crippen LogP contribution in [0, 0.1) is 10.8 Å². The van der Waals surface area contributed by atoms with Crippen molar-refractivity contribution in [2.24, 2.45) is 10.8 Å². The summed E-state index contributed by atoms with van der Waals surface area (Å²) in [5.41, 5.74) is -3.27. The minimum Gasteiger partial charge on any atom is -0.506 e. The number of aromatic nitrogens is 1. The van der Waals surface area contributed by atoms with Crippen LogP contribution >= 0.6 is 22.9 Å². The number of piperidine rings is 2. The van der Waals surface area contributed by atoms with E-state index in [1.165, 1.54) is 11.3 Å². The summed E-state index contributed by atoms with van der Waals surface area (Å²) in [5.74, 6) is -0.755. The Hall–Kier alpha value is -7.47. The van der Waals surface area contributed by atoms with Crippen LogP contribution < -0.4 is 31.1 Å². The monoisotopic (exact) mass is 1260 g/mol. The summed E-state index contributed by atoms with van der Waals surface area (Å²) in [4.78, 5) is 39.5. The van der Waals surface area contributed by atoms with E-state index in [0.29, 0.717) is 80.3 Å². The number of phenols is 2. The molecule has 4 aliphatic rings. The Balaban J connectivity index is 0.867. The molecule has 466 valence electrons. The smallest absolute Gasteiger partial charge is 0.416 e. The zero-order chi connectivity index (χ0) is 63.1. The van der Waals surface area contributed by atoms with Crippen LogP contribution in [0.1, 0.15) is 93.7 Å². The number of alkyl halides is 9. The average molecular weight is 1260 g/mol. The van der Waals surface area contributed by atoms with Gasteiger partial charge in [-0.05, 0) is 177 Å². The van der Waals surface area contributed by atoms with Gasteiger partial charge in [-0.1, -0.05) is 75.8 Å². The second-order valence-corrected chi connectivity index (χ2v) is 27.1. The van der Waals surface area contributed by atoms with Gasteiger partial charge in [0.2, 0.25) is 0 Å². The number of aromatic hydroxyl groups is 2. The van der Waals surface area contributed by atoms with Crippen molar-refractivity contribution in [2.75, 3.05) is 83.4 Å². The summed E-state index contributed by atoms with van der Waals surface area (Å²) < 4.78 is 133. The normalized spacial score (nSPS) is 17.2. The minimum absolute atomic E-state index is 0.00684. The molecule has 0 aliphatic carbocycles. The fourth-order valence-electron chi connectivity index (χ4n) is 13.6. The van der Waals surface area contributed by atoms with Gasteiger partial charge in [-0.2, -0.15) is 39.5 Å². The molecule has 2 saturated heterocycles. The van der Waals surface area contributed by atoms with Crippen molar-refractivity contribution < 1.29 is 59.3 Å². The van der Waals surface area contributed by atoms with Crippen molar-refractivity contribution in [3.05, 3.63) is 148 Å². The number of urea groups is 2. The Morgan fingerprint density at radius 2 is 1.11 bits per heavy atom. The first-order valence-corrected chi connectivity index (χ1v) is 30.0. The number of nitrogens with one attached hydrogen (secondary N) is 4. The molecule has 4 amide bonds. The van der Waals surface area contributed by atoms with Crippen molar-refractivity contribution in [2.45, 2.75) is 96.1 Å². The van der Waals surface area contributed by atoms with Crippen molar-refractivity contribution in [1.29, 1.82) is 0 Å². The molecule has 5 heterocycles. The predicted molar refractivity (Wildman–Crippen MR) is 326 cm³/mol. The summed E-state index contributed by atoms with van der Waals surface area (Å²) in [5, 5.41) is 35.0. The highest BCUT2D eigenvalue weighted by atomic mass is 35.5. The zero-order valence-corrected chi connectivity index (χ0v) is 50.3. The molecule has 6 aromatic carbocycles. The molecule has 7 aromatic rings. The SMILES string of the molecule is CC(C)(C)CN1CCC2(CC1)CN(c1cc(CC(C)(C)CN3CCC4(CC3)CN(c3ccccc3NC(=O)Nc3nc5ccc(Cl)cc5s3)c3c(O)ccc(C(F)(F)F)c34)ccc1NC(=O)Nc1ccc(C(F)(F)F)cc1)c1c(O)ccc(C(F)(F)F)c12. The Kier molecular flexibility index (Phi) is 16.1. The van der Waals surface area contributed by atoms with Crippen LogP contribution in [0.4, 0.5) is 94.0 Å². The molecule has 88 heavy (non-hydrogen) atoms. The third kappa shape index (κ3) is 12.7. The topological polar surface area (TPSA) is 149 Å². The number of nitrogens with zero attached hydrogens (tertiary/aromatic N) is 5. The minimum atomic E-state index is -4.80. The molecule has 1 aromatic heterocycles. The number of halogens is 10. The van der Waals surface area contributed by atoms with Gasteiger partial charge < -0.3 is 45.8 Å². The Morgan fingerprint density at radius 1 is 0.591 bits per heavy atom. The van der Waals surface area contributed by atoms with Gasteiger partial charge in [-0.3, -0.25) is 5.32 Å². The van der Waals surface area contributed by atoms with E-state index >= 15 is 26.3 Å². The fourth-order valence-corrected chi connectivity index (χ4v) is 14.8. The van der Waals surface area contributed by atoms with E-state index in [-0.39, 0.29) is 87.5 Å². The van der Waals surface area contributed by atoms with Crippen LogP contribution in [-0.4, -0.2) is 89.4 Å². The Bertz CT molecular complexity index is 3810. The van der Waals surface area contributed by atoms with Gasteiger partial charge in [0, 0.05) is 47.7 Å². The molecule has 24 heteroatoms. The molecular weight excluding hydrogens is 1200 g/mol. The van der Waals surface area contributed by atoms with Gasteiger partial charge >= 0.3 is 30.6 Å². The molecule has 11 rings (SSSR count). The number of carbonyl (C=O) groups excluding carboxylic acids is 2. The number of hydrogen-bond acceptors (Lipinski definition) is 10. The van der Waals surface area contributed by atoms with Gasteiger partial charge in [0.15, 0.2) is 5.13 Å². The summed E-state index contributed by atoms with van der Waals surface area (Å²) in [6, 6.07) is 23.1. The van der Waals surface area contributed by atoms with Crippen molar-refractivity contribution in [3.8, 4) is 11.5 Å². The van der Waals surface area contributed by atoms with Gasteiger partial charge in [0.05, 0.1) is 61.0 Å². The molecule has 0 atom stereocenters. The molecular formula is C64H65ClF9N9O4S. The molecule has 0 saturated carbocycles. The van der Waals surface area contributed by atoms with E-state index in [9.17, 15) is 33.0 Å². The summed E-state index contributed by atoms with van der Waals surface area (Å²) in [6.45, 7) is 13.2. The van der Waals surface area contributed by atoms with Crippen molar-refractivity contribution in [1.82, 2.24) is 14.8 Å². The number of thiazole rings is 1. The van der Waals surface area contributed by atoms with E-state index < -0.39 is 69.3 Å². The van der Waals surface area contributed by atoms with E-state index in [2.05, 4.69) is 56.8 Å². The average Bonchev–Trinajstić information content (AvgIpc) is 1.73. The van der Waals surface area contributed by atoms with E-state index in [1.807, 2.05) is 13.8 Å². The fraction of sp³-hybridized carbons (Fsp3) is 0.391. The van der Waals surface area contributed by atoms with Crippen LogP contribution in [0.15, 0.2) is 109 Å². The first-order valence-electron chi connectivity index (χ1n) is 28.8. The number of anilines is 8. The number of benzene rings is 6. The van der Waals surface area contributed by atoms with E-state index in [1.54, 1.807) is 70.5 Å². The highest BCUT2D eigenvalue weighted by Gasteiger charge is 2.54. The lowest BCUT2D eigenvalue weighted by atomic mass is 9.72. The highest BCUT2D eigenvalue weighted by Crippen LogP contribution is 2.60. The number of amides is 4. The molecule has 2 fully saturated rings. The van der Waals surface area contributed by atoms with Gasteiger partial charge in [-0.25, -0.2) is 14.6 Å². The van der Waals surface area contributed by atoms with Crippen LogP contribution in [0.3, 0.4) is 0 Å². The third-order valence-corrected chi connectivity index (χ3v) is 18.4. The number of fused-ring (bicyclic) bond motifs is 5. The van der Waals surface area contributed by atoms with Crippen LogP contribution in [0.5, 0.6) is 11.5 Å². The van der Waals surface area contributed by atoms with E-state index in [4.69, 9.17) is 11.6 Å². The summed E-state index contributed by atoms with van der Waals surface area (Å²) >= 11 is 7.38. The predicted octanol–water partition coefficient (Wildman–Crippen LogP) is 17.0. The Labute approximate surface area is 511 Å². The Morgan fingerprint density at radius 3 is 1.66 bits per heavy atom. The van der Waals surface area contributed by atoms with Gasteiger partial charge in [0.25, 0.3) is 0 Å².